The Bertz CT molecular complexity index is 1270. The second-order valence-corrected chi connectivity index (χ2v) is 11.2. The highest BCUT2D eigenvalue weighted by Gasteiger charge is 2.43. The minimum atomic E-state index is -0.877. The number of halogens is 1. The number of fused-ring (bicyclic) bond motifs is 1. The highest BCUT2D eigenvalue weighted by atomic mass is 79.9. The van der Waals surface area contributed by atoms with Gasteiger partial charge < -0.3 is 20.7 Å². The van der Waals surface area contributed by atoms with Gasteiger partial charge in [0.1, 0.15) is 23.6 Å². The molecular weight excluding hydrogens is 532 g/mol. The van der Waals surface area contributed by atoms with E-state index in [0.717, 1.165) is 43.8 Å². The first-order chi connectivity index (χ1) is 16.8. The predicted molar refractivity (Wildman–Crippen MR) is 140 cm³/mol. The SMILES string of the molecule is CC1(C)NC(=O)N(CCNc2ncc(Br)c(-c3cc4cc(OC[C@@H]5CCCN5)ccc4s3)n2)C1=O. The molecule has 0 spiro atoms. The molecule has 3 aromatic rings. The maximum Gasteiger partial charge on any atom is 0.325 e. The fourth-order valence-corrected chi connectivity index (χ4v) is 5.83. The molecule has 0 radical (unpaired) electrons. The summed E-state index contributed by atoms with van der Waals surface area (Å²) in [6.45, 7) is 5.70. The summed E-state index contributed by atoms with van der Waals surface area (Å²) in [6.07, 6.45) is 4.06. The molecule has 2 fully saturated rings. The van der Waals surface area contributed by atoms with Crippen LogP contribution in [0.3, 0.4) is 0 Å². The number of hydrogen-bond donors (Lipinski definition) is 3. The number of imide groups is 1. The Labute approximate surface area is 215 Å². The molecule has 11 heteroatoms. The molecule has 5 rings (SSSR count). The second-order valence-electron chi connectivity index (χ2n) is 9.24. The fraction of sp³-hybridized carbons (Fsp3) is 0.417. The summed E-state index contributed by atoms with van der Waals surface area (Å²) in [4.78, 5) is 35.6. The van der Waals surface area contributed by atoms with Crippen molar-refractivity contribution < 1.29 is 14.3 Å². The Hall–Kier alpha value is -2.76. The monoisotopic (exact) mass is 558 g/mol. The lowest BCUT2D eigenvalue weighted by atomic mass is 10.1. The lowest BCUT2D eigenvalue weighted by molar-refractivity contribution is -0.130. The zero-order valence-electron chi connectivity index (χ0n) is 19.6. The smallest absolute Gasteiger partial charge is 0.325 e. The fourth-order valence-electron chi connectivity index (χ4n) is 4.25. The number of amides is 3. The number of carbonyl (C=O) groups is 2. The van der Waals surface area contributed by atoms with Crippen molar-refractivity contribution >= 4 is 55.2 Å². The molecule has 9 nitrogen and oxygen atoms in total. The van der Waals surface area contributed by atoms with E-state index in [-0.39, 0.29) is 18.5 Å². The number of hydrogen-bond acceptors (Lipinski definition) is 8. The van der Waals surface area contributed by atoms with Crippen LogP contribution in [-0.4, -0.2) is 64.6 Å². The first-order valence-electron chi connectivity index (χ1n) is 11.6. The van der Waals surface area contributed by atoms with E-state index in [1.54, 1.807) is 31.4 Å². The number of anilines is 1. The normalized spacial score (nSPS) is 19.4. The van der Waals surface area contributed by atoms with Gasteiger partial charge in [0.2, 0.25) is 5.95 Å². The molecular formula is C24H27BrN6O3S. The van der Waals surface area contributed by atoms with Crippen LogP contribution in [0.1, 0.15) is 26.7 Å². The molecule has 184 valence electrons. The lowest BCUT2D eigenvalue weighted by Crippen LogP contribution is -2.40. The van der Waals surface area contributed by atoms with Crippen molar-refractivity contribution in [3.05, 3.63) is 34.9 Å². The summed E-state index contributed by atoms with van der Waals surface area (Å²) in [5, 5.41) is 10.4. The van der Waals surface area contributed by atoms with Gasteiger partial charge in [-0.1, -0.05) is 0 Å². The van der Waals surface area contributed by atoms with Gasteiger partial charge in [0, 0.05) is 30.0 Å². The summed E-state index contributed by atoms with van der Waals surface area (Å²) >= 11 is 5.22. The molecule has 2 aromatic heterocycles. The van der Waals surface area contributed by atoms with Gasteiger partial charge in [-0.3, -0.25) is 9.69 Å². The number of benzene rings is 1. The third kappa shape index (κ3) is 5.12. The van der Waals surface area contributed by atoms with Crippen molar-refractivity contribution in [1.82, 2.24) is 25.5 Å². The Balaban J connectivity index is 1.26. The van der Waals surface area contributed by atoms with E-state index in [1.807, 2.05) is 6.07 Å². The van der Waals surface area contributed by atoms with Crippen LogP contribution in [0, 0.1) is 0 Å². The van der Waals surface area contributed by atoms with E-state index < -0.39 is 5.54 Å². The minimum Gasteiger partial charge on any atom is -0.492 e. The second kappa shape index (κ2) is 9.71. The van der Waals surface area contributed by atoms with Gasteiger partial charge in [-0.15, -0.1) is 11.3 Å². The third-order valence-corrected chi connectivity index (χ3v) is 7.84. The molecule has 0 saturated carbocycles. The van der Waals surface area contributed by atoms with E-state index in [2.05, 4.69) is 60.0 Å². The average Bonchev–Trinajstić information content (AvgIpc) is 3.53. The number of carbonyl (C=O) groups excluding carboxylic acids is 2. The number of thiophene rings is 1. The van der Waals surface area contributed by atoms with Crippen LogP contribution in [0.4, 0.5) is 10.7 Å². The van der Waals surface area contributed by atoms with Gasteiger partial charge >= 0.3 is 6.03 Å². The quantitative estimate of drug-likeness (QED) is 0.358. The molecule has 3 N–H and O–H groups in total. The largest absolute Gasteiger partial charge is 0.492 e. The van der Waals surface area contributed by atoms with Crippen LogP contribution in [0.25, 0.3) is 20.7 Å². The van der Waals surface area contributed by atoms with Gasteiger partial charge in [-0.25, -0.2) is 14.8 Å². The van der Waals surface area contributed by atoms with E-state index >= 15 is 0 Å². The third-order valence-electron chi connectivity index (χ3n) is 6.14. The van der Waals surface area contributed by atoms with Crippen LogP contribution in [-0.2, 0) is 4.79 Å². The molecule has 1 aromatic carbocycles. The summed E-state index contributed by atoms with van der Waals surface area (Å²) in [5.41, 5.74) is -0.102. The molecule has 2 aliphatic rings. The zero-order valence-corrected chi connectivity index (χ0v) is 22.0. The molecule has 0 unspecified atom stereocenters. The Morgan fingerprint density at radius 2 is 2.17 bits per heavy atom. The summed E-state index contributed by atoms with van der Waals surface area (Å²) < 4.78 is 7.94. The molecule has 1 atom stereocenters. The molecule has 0 bridgehead atoms. The van der Waals surface area contributed by atoms with Gasteiger partial charge in [0.15, 0.2) is 0 Å². The number of nitrogens with zero attached hydrogens (tertiary/aromatic N) is 3. The van der Waals surface area contributed by atoms with Gasteiger partial charge in [-0.05, 0) is 78.8 Å². The van der Waals surface area contributed by atoms with Crippen LogP contribution >= 0.6 is 27.3 Å². The van der Waals surface area contributed by atoms with Gasteiger partial charge in [-0.2, -0.15) is 0 Å². The summed E-state index contributed by atoms with van der Waals surface area (Å²) in [7, 11) is 0. The number of rotatable bonds is 8. The van der Waals surface area contributed by atoms with Crippen molar-refractivity contribution in [2.45, 2.75) is 38.3 Å². The Morgan fingerprint density at radius 1 is 1.31 bits per heavy atom. The predicted octanol–water partition coefficient (Wildman–Crippen LogP) is 3.99. The molecule has 3 amide bonds. The summed E-state index contributed by atoms with van der Waals surface area (Å²) in [5.74, 6) is 1.05. The Kier molecular flexibility index (Phi) is 6.65. The molecule has 4 heterocycles. The molecule has 0 aliphatic carbocycles. The van der Waals surface area contributed by atoms with Crippen molar-refractivity contribution in [2.75, 3.05) is 31.6 Å². The lowest BCUT2D eigenvalue weighted by Gasteiger charge is -2.16. The first kappa shape index (κ1) is 24.0. The standard InChI is InChI=1S/C24H27BrN6O3S/c1-24(2)21(32)31(23(33)30-24)9-8-27-22-28-12-17(25)20(29-22)19-11-14-10-16(5-6-18(14)35-19)34-13-15-4-3-7-26-15/h5-6,10-12,15,26H,3-4,7-9,13H2,1-2H3,(H,30,33)(H,27,28,29)/t15-/m0/s1. The molecule has 35 heavy (non-hydrogen) atoms. The maximum absolute atomic E-state index is 12.3. The average molecular weight is 559 g/mol. The zero-order chi connectivity index (χ0) is 24.6. The highest BCUT2D eigenvalue weighted by molar-refractivity contribution is 9.10. The van der Waals surface area contributed by atoms with Crippen LogP contribution in [0.2, 0.25) is 0 Å². The van der Waals surface area contributed by atoms with Crippen molar-refractivity contribution in [2.24, 2.45) is 0 Å². The molecule has 2 aliphatic heterocycles. The van der Waals surface area contributed by atoms with Crippen LogP contribution in [0.5, 0.6) is 5.75 Å². The first-order valence-corrected chi connectivity index (χ1v) is 13.2. The van der Waals surface area contributed by atoms with E-state index in [0.29, 0.717) is 25.1 Å². The van der Waals surface area contributed by atoms with Crippen molar-refractivity contribution in [3.8, 4) is 16.3 Å². The number of ether oxygens (including phenoxy) is 1. The number of urea groups is 1. The Morgan fingerprint density at radius 3 is 2.91 bits per heavy atom. The molecule has 2 saturated heterocycles. The topological polar surface area (TPSA) is 108 Å². The highest BCUT2D eigenvalue weighted by Crippen LogP contribution is 2.37. The van der Waals surface area contributed by atoms with Gasteiger partial charge in [0.25, 0.3) is 5.91 Å². The number of aromatic nitrogens is 2. The van der Waals surface area contributed by atoms with Gasteiger partial charge in [0.05, 0.1) is 9.35 Å². The summed E-state index contributed by atoms with van der Waals surface area (Å²) in [6, 6.07) is 8.31. The van der Waals surface area contributed by atoms with Crippen LogP contribution < -0.4 is 20.7 Å². The minimum absolute atomic E-state index is 0.227. The van der Waals surface area contributed by atoms with E-state index in [1.165, 1.54) is 11.3 Å². The maximum atomic E-state index is 12.3. The van der Waals surface area contributed by atoms with Crippen molar-refractivity contribution in [1.29, 1.82) is 0 Å². The van der Waals surface area contributed by atoms with Crippen molar-refractivity contribution in [3.63, 3.8) is 0 Å². The number of nitrogens with one attached hydrogen (secondary N) is 3. The van der Waals surface area contributed by atoms with E-state index in [9.17, 15) is 9.59 Å². The van der Waals surface area contributed by atoms with E-state index in [4.69, 9.17) is 4.74 Å². The van der Waals surface area contributed by atoms with Crippen LogP contribution in [0.15, 0.2) is 34.9 Å².